The van der Waals surface area contributed by atoms with Crippen molar-refractivity contribution in [2.24, 2.45) is 0 Å². The molecule has 0 spiro atoms. The van der Waals surface area contributed by atoms with Crippen LogP contribution in [0, 0.1) is 18.6 Å². The van der Waals surface area contributed by atoms with Gasteiger partial charge in [0.25, 0.3) is 11.5 Å². The maximum absolute atomic E-state index is 13.2. The average molecular weight is 357 g/mol. The van der Waals surface area contributed by atoms with E-state index in [2.05, 4.69) is 10.3 Å². The normalized spacial score (nSPS) is 10.6. The second-order valence-corrected chi connectivity index (χ2v) is 5.57. The molecule has 1 aromatic heterocycles. The first-order valence-electron chi connectivity index (χ1n) is 7.55. The summed E-state index contributed by atoms with van der Waals surface area (Å²) in [5, 5.41) is 2.29. The fraction of sp³-hybridized carbons (Fsp3) is 0.0556. The molecular weight excluding hydrogens is 344 g/mol. The van der Waals surface area contributed by atoms with Crippen molar-refractivity contribution in [2.45, 2.75) is 6.92 Å². The van der Waals surface area contributed by atoms with E-state index >= 15 is 0 Å². The van der Waals surface area contributed by atoms with Crippen LogP contribution in [0.25, 0.3) is 5.69 Å². The predicted molar refractivity (Wildman–Crippen MR) is 91.7 cm³/mol. The van der Waals surface area contributed by atoms with Crippen molar-refractivity contribution in [1.29, 1.82) is 0 Å². The summed E-state index contributed by atoms with van der Waals surface area (Å²) in [7, 11) is 0. The molecule has 0 aliphatic heterocycles. The smallest absolute Gasteiger partial charge is 0.322 e. The van der Waals surface area contributed by atoms with Crippen molar-refractivity contribution in [1.82, 2.24) is 9.55 Å². The molecule has 3 rings (SSSR count). The minimum Gasteiger partial charge on any atom is -0.322 e. The first-order valence-corrected chi connectivity index (χ1v) is 7.55. The molecule has 8 heteroatoms. The van der Waals surface area contributed by atoms with Gasteiger partial charge >= 0.3 is 5.69 Å². The summed E-state index contributed by atoms with van der Waals surface area (Å²) >= 11 is 0. The third-order valence-corrected chi connectivity index (χ3v) is 3.69. The summed E-state index contributed by atoms with van der Waals surface area (Å²) in [5.41, 5.74) is -0.688. The van der Waals surface area contributed by atoms with Crippen LogP contribution in [0.2, 0.25) is 0 Å². The van der Waals surface area contributed by atoms with Crippen LogP contribution < -0.4 is 16.6 Å². The molecule has 6 nitrogen and oxygen atoms in total. The molecule has 0 radical (unpaired) electrons. The molecule has 0 saturated carbocycles. The molecule has 1 amide bonds. The van der Waals surface area contributed by atoms with Crippen LogP contribution in [-0.4, -0.2) is 15.5 Å². The molecule has 0 aliphatic carbocycles. The quantitative estimate of drug-likeness (QED) is 0.755. The average Bonchev–Trinajstić information content (AvgIpc) is 2.60. The summed E-state index contributed by atoms with van der Waals surface area (Å²) < 4.78 is 27.0. The number of hydrogen-bond donors (Lipinski definition) is 2. The standard InChI is InChI=1S/C18H13F2N3O3/c1-10-2-5-12(6-3-10)23-17(25)13(9-21-18(23)26)16(24)22-11-4-7-14(19)15(20)8-11/h2-9H,1H3,(H,21,26)(H,22,24). The SMILES string of the molecule is Cc1ccc(-n2c(=O)[nH]cc(C(=O)Nc3ccc(F)c(F)c3)c2=O)cc1. The van der Waals surface area contributed by atoms with E-state index in [1.54, 1.807) is 24.3 Å². The van der Waals surface area contributed by atoms with E-state index in [-0.39, 0.29) is 11.3 Å². The lowest BCUT2D eigenvalue weighted by molar-refractivity contribution is 0.102. The van der Waals surface area contributed by atoms with Crippen molar-refractivity contribution < 1.29 is 13.6 Å². The van der Waals surface area contributed by atoms with Crippen LogP contribution in [0.4, 0.5) is 14.5 Å². The first kappa shape index (κ1) is 17.3. The van der Waals surface area contributed by atoms with Crippen molar-refractivity contribution >= 4 is 11.6 Å². The zero-order valence-corrected chi connectivity index (χ0v) is 13.5. The van der Waals surface area contributed by atoms with Gasteiger partial charge in [-0.15, -0.1) is 0 Å². The van der Waals surface area contributed by atoms with E-state index in [4.69, 9.17) is 0 Å². The van der Waals surface area contributed by atoms with Gasteiger partial charge in [-0.1, -0.05) is 17.7 Å². The number of benzene rings is 2. The number of amides is 1. The second-order valence-electron chi connectivity index (χ2n) is 5.57. The van der Waals surface area contributed by atoms with Crippen LogP contribution in [-0.2, 0) is 0 Å². The number of aromatic amines is 1. The Morgan fingerprint density at radius 2 is 1.73 bits per heavy atom. The Kier molecular flexibility index (Phi) is 4.49. The number of nitrogens with one attached hydrogen (secondary N) is 2. The Balaban J connectivity index is 2.00. The van der Waals surface area contributed by atoms with E-state index in [0.29, 0.717) is 5.69 Å². The number of halogens is 2. The number of H-pyrrole nitrogens is 1. The fourth-order valence-electron chi connectivity index (χ4n) is 2.34. The van der Waals surface area contributed by atoms with Crippen LogP contribution in [0.5, 0.6) is 0 Å². The molecule has 2 aromatic carbocycles. The monoisotopic (exact) mass is 357 g/mol. The largest absolute Gasteiger partial charge is 0.333 e. The summed E-state index contributed by atoms with van der Waals surface area (Å²) in [5.74, 6) is -3.06. The van der Waals surface area contributed by atoms with Gasteiger partial charge in [-0.05, 0) is 31.2 Å². The molecule has 0 saturated heterocycles. The number of carbonyl (C=O) groups is 1. The molecule has 2 N–H and O–H groups in total. The maximum atomic E-state index is 13.2. The Bertz CT molecular complexity index is 1100. The third-order valence-electron chi connectivity index (χ3n) is 3.69. The number of rotatable bonds is 3. The van der Waals surface area contributed by atoms with Gasteiger partial charge in [0.05, 0.1) is 5.69 Å². The number of hydrogen-bond acceptors (Lipinski definition) is 3. The van der Waals surface area contributed by atoms with Crippen LogP contribution in [0.3, 0.4) is 0 Å². The number of aryl methyl sites for hydroxylation is 1. The molecule has 3 aromatic rings. The number of carbonyl (C=O) groups excluding carboxylic acids is 1. The van der Waals surface area contributed by atoms with Gasteiger partial charge in [0.1, 0.15) is 5.56 Å². The molecule has 132 valence electrons. The van der Waals surface area contributed by atoms with Crippen molar-refractivity contribution in [3.8, 4) is 5.69 Å². The minimum absolute atomic E-state index is 0.0265. The third kappa shape index (κ3) is 3.30. The summed E-state index contributed by atoms with van der Waals surface area (Å²) in [6.45, 7) is 1.85. The van der Waals surface area contributed by atoms with E-state index in [0.717, 1.165) is 34.5 Å². The molecule has 1 heterocycles. The van der Waals surface area contributed by atoms with Gasteiger partial charge in [0.2, 0.25) is 0 Å². The summed E-state index contributed by atoms with van der Waals surface area (Å²) in [6.07, 6.45) is 0.977. The molecule has 26 heavy (non-hydrogen) atoms. The van der Waals surface area contributed by atoms with Gasteiger partial charge in [-0.25, -0.2) is 18.1 Å². The summed E-state index contributed by atoms with van der Waals surface area (Å²) in [6, 6.07) is 9.37. The summed E-state index contributed by atoms with van der Waals surface area (Å²) in [4.78, 5) is 39.2. The number of nitrogens with zero attached hydrogens (tertiary/aromatic N) is 1. The molecule has 0 atom stereocenters. The number of anilines is 1. The van der Waals surface area contributed by atoms with Gasteiger partial charge in [0, 0.05) is 18.0 Å². The Morgan fingerprint density at radius 1 is 1.04 bits per heavy atom. The highest BCUT2D eigenvalue weighted by Crippen LogP contribution is 2.13. The topological polar surface area (TPSA) is 84.0 Å². The van der Waals surface area contributed by atoms with Crippen LogP contribution >= 0.6 is 0 Å². The minimum atomic E-state index is -1.14. The first-order chi connectivity index (χ1) is 12.4. The zero-order valence-electron chi connectivity index (χ0n) is 13.5. The Labute approximate surface area is 145 Å². The number of aromatic nitrogens is 2. The lowest BCUT2D eigenvalue weighted by Gasteiger charge is -2.08. The van der Waals surface area contributed by atoms with Crippen LogP contribution in [0.1, 0.15) is 15.9 Å². The second kappa shape index (κ2) is 6.75. The highest BCUT2D eigenvalue weighted by molar-refractivity contribution is 6.03. The highest BCUT2D eigenvalue weighted by Gasteiger charge is 2.16. The Hall–Kier alpha value is -3.55. The fourth-order valence-corrected chi connectivity index (χ4v) is 2.34. The molecule has 0 unspecified atom stereocenters. The molecular formula is C18H13F2N3O3. The predicted octanol–water partition coefficient (Wildman–Crippen LogP) is 2.36. The molecule has 0 aliphatic rings. The van der Waals surface area contributed by atoms with E-state index in [9.17, 15) is 23.2 Å². The zero-order chi connectivity index (χ0) is 18.8. The Morgan fingerprint density at radius 3 is 2.38 bits per heavy atom. The van der Waals surface area contributed by atoms with Crippen molar-refractivity contribution in [3.05, 3.63) is 92.3 Å². The highest BCUT2D eigenvalue weighted by atomic mass is 19.2. The van der Waals surface area contributed by atoms with Gasteiger partial charge < -0.3 is 10.3 Å². The lowest BCUT2D eigenvalue weighted by atomic mass is 10.2. The van der Waals surface area contributed by atoms with E-state index < -0.39 is 28.8 Å². The van der Waals surface area contributed by atoms with E-state index in [1.807, 2.05) is 6.92 Å². The van der Waals surface area contributed by atoms with Gasteiger partial charge in [-0.2, -0.15) is 0 Å². The van der Waals surface area contributed by atoms with Crippen LogP contribution in [0.15, 0.2) is 58.3 Å². The van der Waals surface area contributed by atoms with Gasteiger partial charge in [-0.3, -0.25) is 9.59 Å². The lowest BCUT2D eigenvalue weighted by Crippen LogP contribution is -2.38. The molecule has 0 bridgehead atoms. The van der Waals surface area contributed by atoms with Gasteiger partial charge in [0.15, 0.2) is 11.6 Å². The van der Waals surface area contributed by atoms with E-state index in [1.165, 1.54) is 0 Å². The van der Waals surface area contributed by atoms with Crippen molar-refractivity contribution in [3.63, 3.8) is 0 Å². The maximum Gasteiger partial charge on any atom is 0.333 e. The van der Waals surface area contributed by atoms with Crippen molar-refractivity contribution in [2.75, 3.05) is 5.32 Å². The molecule has 0 fully saturated rings.